The van der Waals surface area contributed by atoms with E-state index in [0.29, 0.717) is 11.0 Å². The molecule has 0 atom stereocenters. The Balaban J connectivity index is 2.79. The van der Waals surface area contributed by atoms with Crippen LogP contribution in [0.2, 0.25) is 0 Å². The first-order valence-electron chi connectivity index (χ1n) is 3.93. The molecule has 0 radical (unpaired) electrons. The number of carboxylic acid groups (broad SMARTS) is 1. The van der Waals surface area contributed by atoms with Crippen molar-refractivity contribution in [3.8, 4) is 0 Å². The summed E-state index contributed by atoms with van der Waals surface area (Å²) in [5.74, 6) is -2.02. The van der Waals surface area contributed by atoms with E-state index in [4.69, 9.17) is 0 Å². The number of carboxylic acids is 1. The van der Waals surface area contributed by atoms with Gasteiger partial charge in [0.2, 0.25) is 0 Å². The number of aryl methyl sites for hydroxylation is 1. The summed E-state index contributed by atoms with van der Waals surface area (Å²) in [7, 11) is 1.54. The fourth-order valence-electron chi connectivity index (χ4n) is 1.36. The maximum absolute atomic E-state index is 12.8. The summed E-state index contributed by atoms with van der Waals surface area (Å²) in [6, 6.07) is 3.91. The molecule has 1 aromatic heterocycles. The monoisotopic (exact) mass is 193 g/mol. The predicted octanol–water partition coefficient (Wildman–Crippen LogP) is 0.0759. The van der Waals surface area contributed by atoms with Crippen LogP contribution in [-0.4, -0.2) is 15.5 Å². The highest BCUT2D eigenvalue weighted by atomic mass is 19.1. The van der Waals surface area contributed by atoms with Crippen molar-refractivity contribution in [2.75, 3.05) is 0 Å². The first-order valence-corrected chi connectivity index (χ1v) is 3.93. The lowest BCUT2D eigenvalue weighted by atomic mass is 10.3. The van der Waals surface area contributed by atoms with Crippen LogP contribution >= 0.6 is 0 Å². The predicted molar refractivity (Wildman–Crippen MR) is 45.0 cm³/mol. The molecule has 0 saturated carbocycles. The van der Waals surface area contributed by atoms with E-state index in [1.165, 1.54) is 22.8 Å². The van der Waals surface area contributed by atoms with Gasteiger partial charge in [-0.15, -0.1) is 0 Å². The molecule has 0 aliphatic rings. The quantitative estimate of drug-likeness (QED) is 0.644. The van der Waals surface area contributed by atoms with Crippen LogP contribution in [0.4, 0.5) is 4.39 Å². The minimum absolute atomic E-state index is 0.203. The first-order chi connectivity index (χ1) is 6.59. The van der Waals surface area contributed by atoms with Crippen molar-refractivity contribution < 1.29 is 14.3 Å². The van der Waals surface area contributed by atoms with E-state index < -0.39 is 11.8 Å². The third-order valence-corrected chi connectivity index (χ3v) is 2.03. The Morgan fingerprint density at radius 2 is 2.29 bits per heavy atom. The van der Waals surface area contributed by atoms with Crippen LogP contribution in [0.3, 0.4) is 0 Å². The Morgan fingerprint density at radius 3 is 2.93 bits per heavy atom. The van der Waals surface area contributed by atoms with Crippen LogP contribution in [0.25, 0.3) is 11.0 Å². The molecule has 0 aliphatic carbocycles. The number of halogens is 1. The zero-order valence-corrected chi connectivity index (χ0v) is 7.32. The normalized spacial score (nSPS) is 10.7. The van der Waals surface area contributed by atoms with Crippen LogP contribution in [0.1, 0.15) is 10.6 Å². The van der Waals surface area contributed by atoms with E-state index in [1.807, 2.05) is 0 Å². The maximum Gasteiger partial charge on any atom is 0.156 e. The number of imidazole rings is 1. The molecular formula is C9H6FN2O2-. The van der Waals surface area contributed by atoms with Crippen LogP contribution < -0.4 is 5.11 Å². The van der Waals surface area contributed by atoms with Crippen molar-refractivity contribution in [2.24, 2.45) is 7.05 Å². The third kappa shape index (κ3) is 1.14. The van der Waals surface area contributed by atoms with Crippen LogP contribution in [0, 0.1) is 5.82 Å². The van der Waals surface area contributed by atoms with Crippen molar-refractivity contribution in [3.63, 3.8) is 0 Å². The Kier molecular flexibility index (Phi) is 1.73. The SMILES string of the molecule is Cn1c(C(=O)[O-])nc2cc(F)ccc21. The second kappa shape index (κ2) is 2.80. The molecule has 1 heterocycles. The summed E-state index contributed by atoms with van der Waals surface area (Å²) in [5.41, 5.74) is 0.873. The topological polar surface area (TPSA) is 58.0 Å². The van der Waals surface area contributed by atoms with Crippen molar-refractivity contribution in [1.29, 1.82) is 0 Å². The zero-order valence-electron chi connectivity index (χ0n) is 7.32. The zero-order chi connectivity index (χ0) is 10.3. The number of hydrogen-bond donors (Lipinski definition) is 0. The van der Waals surface area contributed by atoms with Crippen LogP contribution in [0.15, 0.2) is 18.2 Å². The lowest BCUT2D eigenvalue weighted by molar-refractivity contribution is -0.256. The van der Waals surface area contributed by atoms with Gasteiger partial charge in [0.05, 0.1) is 11.0 Å². The number of fused-ring (bicyclic) bond motifs is 1. The number of rotatable bonds is 1. The minimum Gasteiger partial charge on any atom is -0.542 e. The smallest absolute Gasteiger partial charge is 0.156 e. The summed E-state index contributed by atoms with van der Waals surface area (Å²) >= 11 is 0. The van der Waals surface area contributed by atoms with E-state index in [9.17, 15) is 14.3 Å². The lowest BCUT2D eigenvalue weighted by Gasteiger charge is -2.01. The molecule has 2 rings (SSSR count). The van der Waals surface area contributed by atoms with Gasteiger partial charge in [0, 0.05) is 13.1 Å². The van der Waals surface area contributed by atoms with Gasteiger partial charge in [0.25, 0.3) is 0 Å². The van der Waals surface area contributed by atoms with Crippen molar-refractivity contribution >= 4 is 17.0 Å². The molecule has 4 nitrogen and oxygen atoms in total. The molecule has 14 heavy (non-hydrogen) atoms. The Morgan fingerprint density at radius 1 is 1.57 bits per heavy atom. The standard InChI is InChI=1S/C9H7FN2O2/c1-12-7-3-2-5(10)4-6(7)11-8(12)9(13)14/h2-4H,1H3,(H,13,14)/p-1. The van der Waals surface area contributed by atoms with Crippen molar-refractivity contribution in [3.05, 3.63) is 29.8 Å². The molecule has 0 saturated heterocycles. The van der Waals surface area contributed by atoms with Gasteiger partial charge >= 0.3 is 0 Å². The van der Waals surface area contributed by atoms with E-state index in [1.54, 1.807) is 7.05 Å². The highest BCUT2D eigenvalue weighted by molar-refractivity contribution is 5.88. The average Bonchev–Trinajstić information content (AvgIpc) is 2.43. The number of carbonyl (C=O) groups excluding carboxylic acids is 1. The largest absolute Gasteiger partial charge is 0.542 e. The molecule has 5 heteroatoms. The number of carbonyl (C=O) groups is 1. The van der Waals surface area contributed by atoms with Gasteiger partial charge in [-0.1, -0.05) is 0 Å². The summed E-state index contributed by atoms with van der Waals surface area (Å²) in [6.07, 6.45) is 0. The van der Waals surface area contributed by atoms with Gasteiger partial charge in [-0.2, -0.15) is 0 Å². The molecule has 0 N–H and O–H groups in total. The molecule has 0 spiro atoms. The van der Waals surface area contributed by atoms with Crippen LogP contribution in [0.5, 0.6) is 0 Å². The van der Waals surface area contributed by atoms with Gasteiger partial charge in [-0.25, -0.2) is 9.37 Å². The second-order valence-electron chi connectivity index (χ2n) is 2.91. The number of benzene rings is 1. The fraction of sp³-hybridized carbons (Fsp3) is 0.111. The molecule has 2 aromatic rings. The molecule has 0 unspecified atom stereocenters. The third-order valence-electron chi connectivity index (χ3n) is 2.03. The second-order valence-corrected chi connectivity index (χ2v) is 2.91. The highest BCUT2D eigenvalue weighted by Gasteiger charge is 2.08. The van der Waals surface area contributed by atoms with Gasteiger partial charge in [-0.3, -0.25) is 0 Å². The Labute approximate surface area is 78.6 Å². The van der Waals surface area contributed by atoms with E-state index in [0.717, 1.165) is 0 Å². The summed E-state index contributed by atoms with van der Waals surface area (Å²) < 4.78 is 14.1. The first kappa shape index (κ1) is 8.68. The summed E-state index contributed by atoms with van der Waals surface area (Å²) in [4.78, 5) is 14.3. The van der Waals surface area contributed by atoms with Gasteiger partial charge < -0.3 is 14.5 Å². The summed E-state index contributed by atoms with van der Waals surface area (Å²) in [6.45, 7) is 0. The average molecular weight is 193 g/mol. The van der Waals surface area contributed by atoms with E-state index in [-0.39, 0.29) is 5.82 Å². The lowest BCUT2D eigenvalue weighted by Crippen LogP contribution is -2.25. The maximum atomic E-state index is 12.8. The molecule has 0 amide bonds. The molecular weight excluding hydrogens is 187 g/mol. The molecule has 0 aliphatic heterocycles. The highest BCUT2D eigenvalue weighted by Crippen LogP contribution is 2.15. The van der Waals surface area contributed by atoms with Crippen LogP contribution in [-0.2, 0) is 7.05 Å². The van der Waals surface area contributed by atoms with E-state index in [2.05, 4.69) is 4.98 Å². The van der Waals surface area contributed by atoms with Gasteiger partial charge in [-0.05, 0) is 12.1 Å². The number of nitrogens with zero attached hydrogens (tertiary/aromatic N) is 2. The van der Waals surface area contributed by atoms with Gasteiger partial charge in [0.15, 0.2) is 5.82 Å². The number of aromatic carboxylic acids is 1. The molecule has 0 bridgehead atoms. The Bertz CT molecular complexity index is 519. The number of aromatic nitrogens is 2. The fourth-order valence-corrected chi connectivity index (χ4v) is 1.36. The molecule has 1 aromatic carbocycles. The van der Waals surface area contributed by atoms with Gasteiger partial charge in [0.1, 0.15) is 11.8 Å². The van der Waals surface area contributed by atoms with Crippen molar-refractivity contribution in [1.82, 2.24) is 9.55 Å². The van der Waals surface area contributed by atoms with Crippen molar-refractivity contribution in [2.45, 2.75) is 0 Å². The van der Waals surface area contributed by atoms with E-state index >= 15 is 0 Å². The summed E-state index contributed by atoms with van der Waals surface area (Å²) in [5, 5.41) is 10.6. The minimum atomic E-state index is -1.37. The molecule has 72 valence electrons. The molecule has 0 fully saturated rings. The number of hydrogen-bond acceptors (Lipinski definition) is 3. The Hall–Kier alpha value is -1.91.